The van der Waals surface area contributed by atoms with Crippen LogP contribution in [0.2, 0.25) is 0 Å². The van der Waals surface area contributed by atoms with Crippen molar-refractivity contribution in [2.45, 2.75) is 115 Å². The Morgan fingerprint density at radius 1 is 0.686 bits per heavy atom. The summed E-state index contributed by atoms with van der Waals surface area (Å²) < 4.78 is 56.9. The molecule has 2 aliphatic heterocycles. The van der Waals surface area contributed by atoms with Crippen LogP contribution in [0.3, 0.4) is 0 Å². The monoisotopic (exact) mass is 497 g/mol. The number of piperidine rings is 2. The predicted octanol–water partition coefficient (Wildman–Crippen LogP) is 5.47. The Balaban J connectivity index is 1.99. The molecule has 2 aliphatic rings. The van der Waals surface area contributed by atoms with Crippen LogP contribution >= 0.6 is 0 Å². The fourth-order valence-electron chi connectivity index (χ4n) is 5.78. The highest BCUT2D eigenvalue weighted by atomic mass is 19.2. The van der Waals surface area contributed by atoms with Crippen LogP contribution < -0.4 is 9.47 Å². The van der Waals surface area contributed by atoms with Gasteiger partial charge in [-0.3, -0.25) is 0 Å². The van der Waals surface area contributed by atoms with Crippen LogP contribution in [0, 0.1) is 28.8 Å². The Morgan fingerprint density at radius 3 is 1.37 bits per heavy atom. The molecule has 2 saturated heterocycles. The number of nitrogens with zero attached hydrogens (tertiary/aromatic N) is 3. The lowest BCUT2D eigenvalue weighted by atomic mass is 9.80. The maximum atomic E-state index is 15.6. The Labute approximate surface area is 204 Å². The van der Waals surface area contributed by atoms with Gasteiger partial charge < -0.3 is 9.47 Å². The zero-order valence-electron chi connectivity index (χ0n) is 21.6. The lowest BCUT2D eigenvalue weighted by Gasteiger charge is -2.49. The molecule has 2 radical (unpaired) electrons. The van der Waals surface area contributed by atoms with Crippen molar-refractivity contribution in [3.8, 4) is 17.6 Å². The van der Waals surface area contributed by atoms with Crippen LogP contribution in [0.1, 0.15) is 86.6 Å². The van der Waals surface area contributed by atoms with E-state index in [1.807, 2.05) is 0 Å². The minimum absolute atomic E-state index is 0.154. The summed E-state index contributed by atoms with van der Waals surface area (Å²) in [7, 11) is 0. The highest BCUT2D eigenvalue weighted by Gasteiger charge is 2.49. The van der Waals surface area contributed by atoms with Gasteiger partial charge in [0.05, 0.1) is 0 Å². The molecule has 0 bridgehead atoms. The molecule has 1 aromatic carbocycles. The average Bonchev–Trinajstić information content (AvgIpc) is 2.71. The summed E-state index contributed by atoms with van der Waals surface area (Å²) in [6, 6.07) is 1.49. The van der Waals surface area contributed by atoms with E-state index < -0.39 is 68.9 Å². The number of nitriles is 1. The first-order valence-corrected chi connectivity index (χ1v) is 11.7. The highest BCUT2D eigenvalue weighted by molar-refractivity contribution is 5.51. The molecule has 1 aromatic rings. The van der Waals surface area contributed by atoms with Crippen molar-refractivity contribution in [3.63, 3.8) is 0 Å². The van der Waals surface area contributed by atoms with Crippen LogP contribution in [0.15, 0.2) is 0 Å². The first kappa shape index (κ1) is 27.5. The van der Waals surface area contributed by atoms with Crippen LogP contribution in [0.25, 0.3) is 0 Å². The van der Waals surface area contributed by atoms with Crippen molar-refractivity contribution < 1.29 is 33.1 Å². The van der Waals surface area contributed by atoms with Crippen molar-refractivity contribution in [2.75, 3.05) is 0 Å². The number of rotatable bonds is 4. The molecule has 2 fully saturated rings. The number of hydroxylamine groups is 4. The molecule has 0 aromatic heterocycles. The molecule has 0 aliphatic carbocycles. The van der Waals surface area contributed by atoms with E-state index in [1.165, 1.54) is 6.07 Å². The summed E-state index contributed by atoms with van der Waals surface area (Å²) in [6.07, 6.45) is -0.836. The van der Waals surface area contributed by atoms with Gasteiger partial charge in [0.25, 0.3) is 0 Å². The summed E-state index contributed by atoms with van der Waals surface area (Å²) >= 11 is 0. The summed E-state index contributed by atoms with van der Waals surface area (Å²) in [6.45, 7) is 13.6. The predicted molar refractivity (Wildman–Crippen MR) is 120 cm³/mol. The molecule has 35 heavy (non-hydrogen) atoms. The second-order valence-corrected chi connectivity index (χ2v) is 12.2. The van der Waals surface area contributed by atoms with Crippen molar-refractivity contribution in [3.05, 3.63) is 23.0 Å². The van der Waals surface area contributed by atoms with E-state index in [4.69, 9.17) is 9.47 Å². The number of ether oxygens (including phenoxy) is 2. The average molecular weight is 498 g/mol. The van der Waals surface area contributed by atoms with E-state index in [0.29, 0.717) is 0 Å². The second-order valence-electron chi connectivity index (χ2n) is 12.2. The molecule has 7 nitrogen and oxygen atoms in total. The smallest absolute Gasteiger partial charge is 0.211 e. The van der Waals surface area contributed by atoms with Gasteiger partial charge in [-0.2, -0.15) is 14.0 Å². The van der Waals surface area contributed by atoms with Crippen molar-refractivity contribution in [2.24, 2.45) is 0 Å². The standard InChI is InChI=1S/C25H34F3N3O4/c1-22(2)9-14(10-23(3,4)30(22)32)34-20-16(13-29)17(26)18(27)21(19(20)28)35-15-11-24(5,6)31(33)25(7,8)12-15/h14-15H,9-12H2,1-8H3. The fraction of sp³-hybridized carbons (Fsp3) is 0.720. The summed E-state index contributed by atoms with van der Waals surface area (Å²) in [4.78, 5) is 0. The third kappa shape index (κ3) is 4.96. The van der Waals surface area contributed by atoms with E-state index in [-0.39, 0.29) is 25.7 Å². The van der Waals surface area contributed by atoms with E-state index in [0.717, 1.165) is 10.1 Å². The summed E-state index contributed by atoms with van der Waals surface area (Å²) in [5, 5.41) is 36.6. The molecular formula is C25H34F3N3O4. The minimum Gasteiger partial charge on any atom is -0.486 e. The van der Waals surface area contributed by atoms with E-state index >= 15 is 4.39 Å². The Morgan fingerprint density at radius 2 is 1.03 bits per heavy atom. The molecule has 0 atom stereocenters. The van der Waals surface area contributed by atoms with E-state index in [2.05, 4.69) is 0 Å². The van der Waals surface area contributed by atoms with Crippen LogP contribution in [-0.4, -0.2) is 44.5 Å². The van der Waals surface area contributed by atoms with Crippen molar-refractivity contribution in [1.82, 2.24) is 10.1 Å². The molecule has 0 amide bonds. The quantitative estimate of drug-likeness (QED) is 0.515. The molecule has 0 N–H and O–H groups in total. The minimum atomic E-state index is -1.62. The van der Waals surface area contributed by atoms with Gasteiger partial charge in [-0.15, -0.1) is 20.5 Å². The van der Waals surface area contributed by atoms with Gasteiger partial charge in [0.1, 0.15) is 23.8 Å². The number of hydrogen-bond acceptors (Lipinski definition) is 5. The summed E-state index contributed by atoms with van der Waals surface area (Å²) in [5.74, 6) is -6.23. The molecule has 0 unspecified atom stereocenters. The normalized spacial score (nSPS) is 24.7. The molecule has 10 heteroatoms. The Bertz CT molecular complexity index is 1000. The van der Waals surface area contributed by atoms with E-state index in [9.17, 15) is 24.5 Å². The van der Waals surface area contributed by atoms with Crippen molar-refractivity contribution in [1.29, 1.82) is 5.26 Å². The Hall–Kier alpha value is -2.06. The first-order valence-electron chi connectivity index (χ1n) is 11.7. The molecule has 0 spiro atoms. The van der Waals surface area contributed by atoms with Gasteiger partial charge in [0.2, 0.25) is 11.6 Å². The highest BCUT2D eigenvalue weighted by Crippen LogP contribution is 2.44. The Kier molecular flexibility index (Phi) is 6.92. The topological polar surface area (TPSA) is 88.5 Å². The van der Waals surface area contributed by atoms with Gasteiger partial charge in [-0.1, -0.05) is 0 Å². The maximum absolute atomic E-state index is 15.6. The van der Waals surface area contributed by atoms with E-state index in [1.54, 1.807) is 55.4 Å². The zero-order valence-corrected chi connectivity index (χ0v) is 21.6. The maximum Gasteiger partial charge on any atom is 0.211 e. The lowest BCUT2D eigenvalue weighted by molar-refractivity contribution is -0.297. The zero-order chi connectivity index (χ0) is 26.7. The van der Waals surface area contributed by atoms with Gasteiger partial charge in [0.15, 0.2) is 17.3 Å². The lowest BCUT2D eigenvalue weighted by Crippen LogP contribution is -2.60. The number of halogens is 3. The van der Waals surface area contributed by atoms with Crippen molar-refractivity contribution >= 4 is 0 Å². The molecule has 2 heterocycles. The molecule has 3 rings (SSSR count). The van der Waals surface area contributed by atoms with Gasteiger partial charge in [-0.25, -0.2) is 4.39 Å². The van der Waals surface area contributed by atoms with Crippen LogP contribution in [0.4, 0.5) is 13.2 Å². The molecule has 0 saturated carbocycles. The number of benzene rings is 1. The largest absolute Gasteiger partial charge is 0.486 e. The second kappa shape index (κ2) is 8.80. The molecular weight excluding hydrogens is 463 g/mol. The SMILES string of the molecule is CC1(C)CC(Oc2c(F)c(F)c(C#N)c(OC3CC(C)(C)N([O])C(C)(C)C3)c2F)CC(C)(C)N1[O]. The molecule has 194 valence electrons. The third-order valence-corrected chi connectivity index (χ3v) is 7.03. The van der Waals surface area contributed by atoms with Crippen LogP contribution in [0.5, 0.6) is 11.5 Å². The van der Waals surface area contributed by atoms with Gasteiger partial charge in [-0.05, 0) is 55.4 Å². The third-order valence-electron chi connectivity index (χ3n) is 7.03. The van der Waals surface area contributed by atoms with Crippen LogP contribution in [-0.2, 0) is 10.4 Å². The van der Waals surface area contributed by atoms with Gasteiger partial charge >= 0.3 is 0 Å². The van der Waals surface area contributed by atoms with Gasteiger partial charge in [0, 0.05) is 47.8 Å². The fourth-order valence-corrected chi connectivity index (χ4v) is 5.78. The summed E-state index contributed by atoms with van der Waals surface area (Å²) in [5.41, 5.74) is -4.39. The first-order chi connectivity index (χ1) is 15.8. The number of hydrogen-bond donors (Lipinski definition) is 0.